The molecule has 0 aliphatic carbocycles. The van der Waals surface area contributed by atoms with Crippen molar-refractivity contribution in [1.29, 1.82) is 0 Å². The third-order valence-electron chi connectivity index (χ3n) is 4.92. The van der Waals surface area contributed by atoms with E-state index in [-0.39, 0.29) is 5.82 Å². The van der Waals surface area contributed by atoms with Gasteiger partial charge in [0.05, 0.1) is 17.1 Å². The number of halogens is 1. The normalized spacial score (nSPS) is 11.3. The number of imidazole rings is 1. The number of benzene rings is 1. The molecule has 0 atom stereocenters. The number of hydrogen-bond acceptors (Lipinski definition) is 5. The van der Waals surface area contributed by atoms with Crippen LogP contribution < -0.4 is 5.32 Å². The molecule has 0 saturated carbocycles. The summed E-state index contributed by atoms with van der Waals surface area (Å²) in [5.74, 6) is 0.257. The Morgan fingerprint density at radius 1 is 1.10 bits per heavy atom. The number of rotatable bonds is 6. The number of hydrogen-bond donors (Lipinski definition) is 1. The number of nitrogens with zero attached hydrogens (tertiary/aromatic N) is 5. The molecule has 148 valence electrons. The van der Waals surface area contributed by atoms with Crippen LogP contribution in [0.5, 0.6) is 0 Å². The molecule has 4 aromatic rings. The maximum Gasteiger partial charge on any atom is 0.222 e. The zero-order valence-electron chi connectivity index (χ0n) is 16.7. The minimum atomic E-state index is -0.275. The Balaban J connectivity index is 1.92. The Morgan fingerprint density at radius 3 is 2.62 bits per heavy atom. The van der Waals surface area contributed by atoms with Crippen molar-refractivity contribution in [2.24, 2.45) is 0 Å². The lowest BCUT2D eigenvalue weighted by atomic mass is 10.1. The summed E-state index contributed by atoms with van der Waals surface area (Å²) in [5.41, 5.74) is 5.19. The van der Waals surface area contributed by atoms with Crippen molar-refractivity contribution in [3.8, 4) is 22.6 Å². The Morgan fingerprint density at radius 2 is 1.90 bits per heavy atom. The van der Waals surface area contributed by atoms with Gasteiger partial charge in [0.25, 0.3) is 0 Å². The minimum absolute atomic E-state index is 0.275. The van der Waals surface area contributed by atoms with Crippen LogP contribution >= 0.6 is 0 Å². The lowest BCUT2D eigenvalue weighted by molar-refractivity contribution is 0.346. The molecule has 0 unspecified atom stereocenters. The van der Waals surface area contributed by atoms with E-state index >= 15 is 0 Å². The van der Waals surface area contributed by atoms with Crippen molar-refractivity contribution >= 4 is 11.6 Å². The molecule has 1 N–H and O–H groups in total. The van der Waals surface area contributed by atoms with E-state index in [0.717, 1.165) is 41.4 Å². The van der Waals surface area contributed by atoms with Crippen molar-refractivity contribution in [2.75, 3.05) is 26.0 Å². The van der Waals surface area contributed by atoms with Crippen molar-refractivity contribution < 1.29 is 4.39 Å². The van der Waals surface area contributed by atoms with Gasteiger partial charge in [0.15, 0.2) is 0 Å². The molecule has 0 aliphatic heterocycles. The third-order valence-corrected chi connectivity index (χ3v) is 4.92. The van der Waals surface area contributed by atoms with E-state index in [4.69, 9.17) is 4.98 Å². The molecular weight excluding hydrogens is 367 g/mol. The number of aromatic nitrogens is 4. The van der Waals surface area contributed by atoms with Gasteiger partial charge in [-0.3, -0.25) is 4.40 Å². The highest BCUT2D eigenvalue weighted by molar-refractivity contribution is 5.80. The van der Waals surface area contributed by atoms with Crippen LogP contribution in [-0.4, -0.2) is 44.9 Å². The SMILES string of the molecule is CCN(C)Cc1ccn2c(-c3ccnc(NC)n3)c(-c3ccc(F)cc3)nc2c1. The van der Waals surface area contributed by atoms with E-state index in [1.165, 1.54) is 17.7 Å². The molecule has 29 heavy (non-hydrogen) atoms. The van der Waals surface area contributed by atoms with Gasteiger partial charge in [0, 0.05) is 31.5 Å². The Kier molecular flexibility index (Phi) is 5.22. The van der Waals surface area contributed by atoms with Crippen LogP contribution in [0.25, 0.3) is 28.3 Å². The van der Waals surface area contributed by atoms with Crippen LogP contribution in [0.3, 0.4) is 0 Å². The molecule has 1 aromatic carbocycles. The topological polar surface area (TPSA) is 58.4 Å². The van der Waals surface area contributed by atoms with Gasteiger partial charge in [0.1, 0.15) is 11.5 Å². The zero-order chi connectivity index (χ0) is 20.4. The van der Waals surface area contributed by atoms with Gasteiger partial charge in [-0.25, -0.2) is 19.3 Å². The predicted molar refractivity (Wildman–Crippen MR) is 113 cm³/mol. The molecule has 0 radical (unpaired) electrons. The van der Waals surface area contributed by atoms with Crippen molar-refractivity contribution in [3.63, 3.8) is 0 Å². The fraction of sp³-hybridized carbons (Fsp3) is 0.227. The zero-order valence-corrected chi connectivity index (χ0v) is 16.7. The van der Waals surface area contributed by atoms with E-state index in [9.17, 15) is 4.39 Å². The summed E-state index contributed by atoms with van der Waals surface area (Å²) in [5, 5.41) is 2.97. The molecule has 6 nitrogen and oxygen atoms in total. The largest absolute Gasteiger partial charge is 0.357 e. The Bertz CT molecular complexity index is 1140. The molecule has 0 spiro atoms. The van der Waals surface area contributed by atoms with Gasteiger partial charge in [0.2, 0.25) is 5.95 Å². The summed E-state index contributed by atoms with van der Waals surface area (Å²) in [6.45, 7) is 3.95. The Hall–Kier alpha value is -3.32. The number of fused-ring (bicyclic) bond motifs is 1. The molecule has 0 amide bonds. The molecule has 0 bridgehead atoms. The average Bonchev–Trinajstić information content (AvgIpc) is 3.12. The number of pyridine rings is 1. The molecule has 0 saturated heterocycles. The van der Waals surface area contributed by atoms with Gasteiger partial charge >= 0.3 is 0 Å². The summed E-state index contributed by atoms with van der Waals surface area (Å²) in [6.07, 6.45) is 3.73. The van der Waals surface area contributed by atoms with Gasteiger partial charge in [-0.15, -0.1) is 0 Å². The highest BCUT2D eigenvalue weighted by Gasteiger charge is 2.18. The van der Waals surface area contributed by atoms with Crippen LogP contribution in [-0.2, 0) is 6.54 Å². The predicted octanol–water partition coefficient (Wildman–Crippen LogP) is 4.09. The van der Waals surface area contributed by atoms with Gasteiger partial charge in [-0.2, -0.15) is 0 Å². The maximum atomic E-state index is 13.5. The third kappa shape index (κ3) is 3.82. The van der Waals surface area contributed by atoms with Crippen LogP contribution in [0, 0.1) is 5.82 Å². The first-order chi connectivity index (χ1) is 14.1. The standard InChI is InChI=1S/C22H23FN6/c1-4-28(3)14-15-10-12-29-19(13-15)27-20(16-5-7-17(23)8-6-16)21(29)18-9-11-25-22(24-2)26-18/h5-13H,4,14H2,1-3H3,(H,24,25,26). The summed E-state index contributed by atoms with van der Waals surface area (Å²) in [7, 11) is 3.87. The monoisotopic (exact) mass is 390 g/mol. The summed E-state index contributed by atoms with van der Waals surface area (Å²) in [4.78, 5) is 15.9. The molecule has 0 fully saturated rings. The lowest BCUT2D eigenvalue weighted by Crippen LogP contribution is -2.16. The fourth-order valence-electron chi connectivity index (χ4n) is 3.27. The quantitative estimate of drug-likeness (QED) is 0.537. The van der Waals surface area contributed by atoms with Crippen molar-refractivity contribution in [1.82, 2.24) is 24.3 Å². The smallest absolute Gasteiger partial charge is 0.222 e. The van der Waals surface area contributed by atoms with Crippen molar-refractivity contribution in [3.05, 3.63) is 66.2 Å². The van der Waals surface area contributed by atoms with Crippen LogP contribution in [0.15, 0.2) is 54.9 Å². The first-order valence-corrected chi connectivity index (χ1v) is 9.55. The van der Waals surface area contributed by atoms with E-state index in [0.29, 0.717) is 5.95 Å². The Labute approximate surface area is 169 Å². The van der Waals surface area contributed by atoms with Gasteiger partial charge < -0.3 is 10.2 Å². The average molecular weight is 390 g/mol. The first kappa shape index (κ1) is 19.0. The van der Waals surface area contributed by atoms with E-state index in [1.54, 1.807) is 25.4 Å². The molecule has 7 heteroatoms. The van der Waals surface area contributed by atoms with Gasteiger partial charge in [-0.1, -0.05) is 6.92 Å². The number of anilines is 1. The van der Waals surface area contributed by atoms with E-state index in [1.807, 2.05) is 16.7 Å². The molecule has 3 aromatic heterocycles. The molecule has 4 rings (SSSR count). The van der Waals surface area contributed by atoms with Crippen molar-refractivity contribution in [2.45, 2.75) is 13.5 Å². The molecule has 0 aliphatic rings. The maximum absolute atomic E-state index is 13.5. The second kappa shape index (κ2) is 7.97. The summed E-state index contributed by atoms with van der Waals surface area (Å²) in [6, 6.07) is 12.4. The second-order valence-corrected chi connectivity index (χ2v) is 6.92. The second-order valence-electron chi connectivity index (χ2n) is 6.92. The lowest BCUT2D eigenvalue weighted by Gasteiger charge is -2.13. The van der Waals surface area contributed by atoms with Crippen LogP contribution in [0.1, 0.15) is 12.5 Å². The summed E-state index contributed by atoms with van der Waals surface area (Å²) < 4.78 is 15.5. The summed E-state index contributed by atoms with van der Waals surface area (Å²) >= 11 is 0. The van der Waals surface area contributed by atoms with Crippen LogP contribution in [0.4, 0.5) is 10.3 Å². The number of nitrogens with one attached hydrogen (secondary N) is 1. The molecule has 3 heterocycles. The fourth-order valence-corrected chi connectivity index (χ4v) is 3.27. The van der Waals surface area contributed by atoms with E-state index < -0.39 is 0 Å². The van der Waals surface area contributed by atoms with Crippen LogP contribution in [0.2, 0.25) is 0 Å². The highest BCUT2D eigenvalue weighted by Crippen LogP contribution is 2.32. The minimum Gasteiger partial charge on any atom is -0.357 e. The van der Waals surface area contributed by atoms with Gasteiger partial charge in [-0.05, 0) is 61.6 Å². The highest BCUT2D eigenvalue weighted by atomic mass is 19.1. The van der Waals surface area contributed by atoms with E-state index in [2.05, 4.69) is 46.3 Å². The molecular formula is C22H23FN6. The first-order valence-electron chi connectivity index (χ1n) is 9.55.